The van der Waals surface area contributed by atoms with E-state index in [1.807, 2.05) is 60.7 Å². The lowest BCUT2D eigenvalue weighted by Crippen LogP contribution is -2.47. The highest BCUT2D eigenvalue weighted by molar-refractivity contribution is 7.17. The van der Waals surface area contributed by atoms with E-state index < -0.39 is 0 Å². The minimum Gasteiger partial charge on any atom is -0.466 e. The van der Waals surface area contributed by atoms with Crippen LogP contribution in [0, 0.1) is 5.92 Å². The predicted molar refractivity (Wildman–Crippen MR) is 136 cm³/mol. The summed E-state index contributed by atoms with van der Waals surface area (Å²) in [5.74, 6) is -1.01. The molecule has 0 aliphatic carbocycles. The smallest absolute Gasteiger partial charge is 0.310 e. The molecule has 0 bridgehead atoms. The fraction of sp³-hybridized carbons (Fsp3) is 0.333. The van der Waals surface area contributed by atoms with E-state index in [4.69, 9.17) is 9.72 Å². The van der Waals surface area contributed by atoms with Crippen LogP contribution in [0.15, 0.2) is 60.7 Å². The molecule has 1 unspecified atom stereocenters. The van der Waals surface area contributed by atoms with Gasteiger partial charge in [-0.1, -0.05) is 60.7 Å². The van der Waals surface area contributed by atoms with Crippen molar-refractivity contribution in [2.24, 2.45) is 5.92 Å². The van der Waals surface area contributed by atoms with E-state index >= 15 is 0 Å². The number of nitrogens with zero attached hydrogens (tertiary/aromatic N) is 3. The van der Waals surface area contributed by atoms with Gasteiger partial charge in [0.25, 0.3) is 5.91 Å². The van der Waals surface area contributed by atoms with Crippen LogP contribution >= 0.6 is 11.3 Å². The molecular formula is C27H29N3O4S. The van der Waals surface area contributed by atoms with Crippen LogP contribution in [0.4, 0.5) is 0 Å². The first-order chi connectivity index (χ1) is 17.0. The zero-order valence-electron chi connectivity index (χ0n) is 20.0. The van der Waals surface area contributed by atoms with Gasteiger partial charge in [0.2, 0.25) is 5.91 Å². The Bertz CT molecular complexity index is 1180. The zero-order chi connectivity index (χ0) is 24.8. The number of hydrogen-bond acceptors (Lipinski definition) is 6. The van der Waals surface area contributed by atoms with Crippen LogP contribution in [-0.4, -0.2) is 65.9 Å². The summed E-state index contributed by atoms with van der Waals surface area (Å²) in [4.78, 5) is 47.1. The van der Waals surface area contributed by atoms with Crippen LogP contribution in [0.1, 0.15) is 29.4 Å². The third-order valence-electron chi connectivity index (χ3n) is 6.00. The van der Waals surface area contributed by atoms with E-state index in [2.05, 4.69) is 0 Å². The summed E-state index contributed by atoms with van der Waals surface area (Å²) in [6, 6.07) is 19.3. The van der Waals surface area contributed by atoms with Crippen molar-refractivity contribution in [1.82, 2.24) is 14.8 Å². The maximum Gasteiger partial charge on any atom is 0.310 e. The molecule has 2 aromatic carbocycles. The van der Waals surface area contributed by atoms with E-state index in [9.17, 15) is 14.4 Å². The Balaban J connectivity index is 1.53. The number of carbonyl (C=O) groups excluding carboxylic acids is 3. The third-order valence-corrected chi connectivity index (χ3v) is 7.09. The van der Waals surface area contributed by atoms with Crippen molar-refractivity contribution in [1.29, 1.82) is 0 Å². The lowest BCUT2D eigenvalue weighted by Gasteiger charge is -2.32. The van der Waals surface area contributed by atoms with Gasteiger partial charge in [-0.05, 0) is 19.8 Å². The lowest BCUT2D eigenvalue weighted by molar-refractivity contribution is -0.151. The highest BCUT2D eigenvalue weighted by Crippen LogP contribution is 2.34. The summed E-state index contributed by atoms with van der Waals surface area (Å²) < 4.78 is 5.13. The Hall–Kier alpha value is -3.52. The van der Waals surface area contributed by atoms with Crippen molar-refractivity contribution in [3.63, 3.8) is 0 Å². The number of likely N-dealkylation sites (tertiary alicyclic amines) is 1. The van der Waals surface area contributed by atoms with Crippen molar-refractivity contribution in [3.05, 3.63) is 65.5 Å². The fourth-order valence-corrected chi connectivity index (χ4v) is 5.25. The van der Waals surface area contributed by atoms with E-state index in [1.165, 1.54) is 16.2 Å². The SMILES string of the molecule is CCOC(=O)C1CCCN(C(=O)CN(C)C(=O)c2sc(-c3ccccc3)nc2-c2ccccc2)C1. The number of carbonyl (C=O) groups is 3. The summed E-state index contributed by atoms with van der Waals surface area (Å²) >= 11 is 1.33. The maximum atomic E-state index is 13.5. The molecule has 0 spiro atoms. The maximum absolute atomic E-state index is 13.5. The quantitative estimate of drug-likeness (QED) is 0.459. The van der Waals surface area contributed by atoms with Gasteiger partial charge in [-0.25, -0.2) is 4.98 Å². The van der Waals surface area contributed by atoms with Gasteiger partial charge >= 0.3 is 5.97 Å². The van der Waals surface area contributed by atoms with Gasteiger partial charge in [-0.3, -0.25) is 14.4 Å². The van der Waals surface area contributed by atoms with E-state index in [0.717, 1.165) is 22.6 Å². The molecular weight excluding hydrogens is 462 g/mol. The third kappa shape index (κ3) is 5.77. The zero-order valence-corrected chi connectivity index (χ0v) is 20.8. The molecule has 2 amide bonds. The average Bonchev–Trinajstić information content (AvgIpc) is 3.35. The van der Waals surface area contributed by atoms with Gasteiger partial charge in [-0.15, -0.1) is 11.3 Å². The molecule has 2 heterocycles. The summed E-state index contributed by atoms with van der Waals surface area (Å²) in [5.41, 5.74) is 2.40. The Morgan fingerprint density at radius 2 is 1.71 bits per heavy atom. The summed E-state index contributed by atoms with van der Waals surface area (Å²) in [7, 11) is 1.63. The number of piperidine rings is 1. The molecule has 1 aromatic heterocycles. The van der Waals surface area contributed by atoms with E-state index in [1.54, 1.807) is 18.9 Å². The largest absolute Gasteiger partial charge is 0.466 e. The molecule has 1 aliphatic heterocycles. The molecule has 0 N–H and O–H groups in total. The number of esters is 1. The summed E-state index contributed by atoms with van der Waals surface area (Å²) in [6.07, 6.45) is 1.45. The van der Waals surface area contributed by atoms with Crippen LogP contribution < -0.4 is 0 Å². The van der Waals surface area contributed by atoms with Crippen molar-refractivity contribution in [3.8, 4) is 21.8 Å². The number of amides is 2. The molecule has 1 fully saturated rings. The molecule has 1 aliphatic rings. The normalized spacial score (nSPS) is 15.5. The number of ether oxygens (including phenoxy) is 1. The molecule has 8 heteroatoms. The standard InChI is InChI=1S/C27H29N3O4S/c1-3-34-27(33)21-15-10-16-30(17-21)22(31)18-29(2)26(32)24-23(19-11-6-4-7-12-19)28-25(35-24)20-13-8-5-9-14-20/h4-9,11-14,21H,3,10,15-18H2,1-2H3. The molecule has 1 saturated heterocycles. The van der Waals surface area contributed by atoms with Gasteiger partial charge in [0, 0.05) is 31.3 Å². The van der Waals surface area contributed by atoms with Crippen molar-refractivity contribution < 1.29 is 19.1 Å². The van der Waals surface area contributed by atoms with Gasteiger partial charge in [-0.2, -0.15) is 0 Å². The highest BCUT2D eigenvalue weighted by atomic mass is 32.1. The number of thiazole rings is 1. The molecule has 1 atom stereocenters. The number of aromatic nitrogens is 1. The average molecular weight is 492 g/mol. The minimum atomic E-state index is -0.312. The molecule has 7 nitrogen and oxygen atoms in total. The first-order valence-corrected chi connectivity index (χ1v) is 12.6. The minimum absolute atomic E-state index is 0.0683. The molecule has 4 rings (SSSR count). The second-order valence-electron chi connectivity index (χ2n) is 8.52. The lowest BCUT2D eigenvalue weighted by atomic mass is 9.98. The summed E-state index contributed by atoms with van der Waals surface area (Å²) in [5, 5.41) is 0.751. The fourth-order valence-electron chi connectivity index (χ4n) is 4.17. The van der Waals surface area contributed by atoms with Crippen molar-refractivity contribution in [2.45, 2.75) is 19.8 Å². The number of benzene rings is 2. The monoisotopic (exact) mass is 491 g/mol. The molecule has 0 radical (unpaired) electrons. The van der Waals surface area contributed by atoms with Gasteiger partial charge in [0.05, 0.1) is 24.8 Å². The van der Waals surface area contributed by atoms with Crippen LogP contribution in [-0.2, 0) is 14.3 Å². The second kappa shape index (κ2) is 11.3. The van der Waals surface area contributed by atoms with Crippen LogP contribution in [0.25, 0.3) is 21.8 Å². The van der Waals surface area contributed by atoms with Gasteiger partial charge in [0.15, 0.2) is 0 Å². The number of hydrogen-bond donors (Lipinski definition) is 0. The van der Waals surface area contributed by atoms with Crippen LogP contribution in [0.5, 0.6) is 0 Å². The molecule has 35 heavy (non-hydrogen) atoms. The predicted octanol–water partition coefficient (Wildman–Crippen LogP) is 4.35. The first-order valence-electron chi connectivity index (χ1n) is 11.8. The highest BCUT2D eigenvalue weighted by Gasteiger charge is 2.31. The Kier molecular flexibility index (Phi) is 7.92. The van der Waals surface area contributed by atoms with Gasteiger partial charge < -0.3 is 14.5 Å². The topological polar surface area (TPSA) is 79.8 Å². The van der Waals surface area contributed by atoms with E-state index in [-0.39, 0.29) is 30.2 Å². The van der Waals surface area contributed by atoms with Crippen molar-refractivity contribution in [2.75, 3.05) is 33.3 Å². The number of rotatable bonds is 7. The second-order valence-corrected chi connectivity index (χ2v) is 9.52. The Morgan fingerprint density at radius 3 is 2.37 bits per heavy atom. The van der Waals surface area contributed by atoms with Crippen LogP contribution in [0.2, 0.25) is 0 Å². The Morgan fingerprint density at radius 1 is 1.06 bits per heavy atom. The summed E-state index contributed by atoms with van der Waals surface area (Å²) in [6.45, 7) is 2.93. The molecule has 182 valence electrons. The van der Waals surface area contributed by atoms with Crippen molar-refractivity contribution >= 4 is 29.1 Å². The van der Waals surface area contributed by atoms with E-state index in [0.29, 0.717) is 36.7 Å². The van der Waals surface area contributed by atoms with Gasteiger partial charge in [0.1, 0.15) is 9.88 Å². The Labute approximate surface area is 209 Å². The molecule has 0 saturated carbocycles. The van der Waals surface area contributed by atoms with Crippen LogP contribution in [0.3, 0.4) is 0 Å². The first kappa shape index (κ1) is 24.6. The molecule has 3 aromatic rings. The number of likely N-dealkylation sites (N-methyl/N-ethyl adjacent to an activating group) is 1.